The Morgan fingerprint density at radius 3 is 2.48 bits per heavy atom. The Balaban J connectivity index is 1.82. The number of fused-ring (bicyclic) bond motifs is 4. The highest BCUT2D eigenvalue weighted by molar-refractivity contribution is 6.10. The summed E-state index contributed by atoms with van der Waals surface area (Å²) in [4.78, 5) is 13.9. The molecule has 1 aliphatic heterocycles. The minimum Gasteiger partial charge on any atom is -0.454 e. The molecule has 1 aliphatic rings. The lowest BCUT2D eigenvalue weighted by molar-refractivity contribution is 0.598. The van der Waals surface area contributed by atoms with Crippen molar-refractivity contribution in [2.24, 2.45) is 0 Å². The van der Waals surface area contributed by atoms with Gasteiger partial charge in [0.15, 0.2) is 17.2 Å². The van der Waals surface area contributed by atoms with Crippen molar-refractivity contribution in [1.82, 2.24) is 9.97 Å². The molecule has 2 aromatic heterocycles. The molecule has 1 atom stereocenters. The van der Waals surface area contributed by atoms with Crippen LogP contribution in [0.2, 0.25) is 0 Å². The number of anilines is 3. The topological polar surface area (TPSA) is 45.4 Å². The maximum absolute atomic E-state index is 6.33. The van der Waals surface area contributed by atoms with Crippen LogP contribution in [-0.2, 0) is 0 Å². The standard InChI is InChI=1S/C22H22N4O/c1-13(2)25-15(4)26(22-21(25)23-11-12-24-22)19-14(3)9-10-17-16-7-5-6-8-18(16)27-20(17)19/h5-13,15H,1-4H3/t15-/m0/s1. The first-order chi connectivity index (χ1) is 13.1. The lowest BCUT2D eigenvalue weighted by atomic mass is 10.1. The molecule has 5 heteroatoms. The summed E-state index contributed by atoms with van der Waals surface area (Å²) in [6.07, 6.45) is 3.62. The quantitative estimate of drug-likeness (QED) is 0.480. The molecule has 0 fully saturated rings. The fraction of sp³-hybridized carbons (Fsp3) is 0.273. The first-order valence-corrected chi connectivity index (χ1v) is 9.37. The predicted molar refractivity (Wildman–Crippen MR) is 110 cm³/mol. The third-order valence-corrected chi connectivity index (χ3v) is 5.43. The third kappa shape index (κ3) is 2.17. The maximum Gasteiger partial charge on any atom is 0.178 e. The summed E-state index contributed by atoms with van der Waals surface area (Å²) >= 11 is 0. The van der Waals surface area contributed by atoms with E-state index in [-0.39, 0.29) is 6.17 Å². The fourth-order valence-electron chi connectivity index (χ4n) is 4.30. The molecule has 5 rings (SSSR count). The Kier molecular flexibility index (Phi) is 3.41. The van der Waals surface area contributed by atoms with E-state index < -0.39 is 0 Å². The van der Waals surface area contributed by atoms with E-state index in [1.807, 2.05) is 12.1 Å². The predicted octanol–water partition coefficient (Wildman–Crippen LogP) is 5.40. The Morgan fingerprint density at radius 2 is 1.70 bits per heavy atom. The molecule has 5 nitrogen and oxygen atoms in total. The summed E-state index contributed by atoms with van der Waals surface area (Å²) in [6.45, 7) is 8.70. The minimum atomic E-state index is 0.0971. The number of furan rings is 1. The molecule has 0 radical (unpaired) electrons. The number of aryl methyl sites for hydroxylation is 1. The molecule has 0 saturated carbocycles. The highest BCUT2D eigenvalue weighted by Gasteiger charge is 2.39. The first-order valence-electron chi connectivity index (χ1n) is 9.37. The van der Waals surface area contributed by atoms with Gasteiger partial charge in [-0.2, -0.15) is 0 Å². The summed E-state index contributed by atoms with van der Waals surface area (Å²) in [6, 6.07) is 12.8. The molecular weight excluding hydrogens is 336 g/mol. The van der Waals surface area contributed by atoms with Crippen molar-refractivity contribution in [3.8, 4) is 0 Å². The van der Waals surface area contributed by atoms with Crippen LogP contribution >= 0.6 is 0 Å². The van der Waals surface area contributed by atoms with Gasteiger partial charge in [-0.1, -0.05) is 30.3 Å². The molecule has 3 heterocycles. The van der Waals surface area contributed by atoms with E-state index in [1.165, 1.54) is 0 Å². The number of hydrogen-bond donors (Lipinski definition) is 0. The zero-order chi connectivity index (χ0) is 18.7. The van der Waals surface area contributed by atoms with Gasteiger partial charge >= 0.3 is 0 Å². The molecule has 0 bridgehead atoms. The van der Waals surface area contributed by atoms with Crippen molar-refractivity contribution in [3.05, 3.63) is 54.4 Å². The monoisotopic (exact) mass is 358 g/mol. The second-order valence-electron chi connectivity index (χ2n) is 7.41. The van der Waals surface area contributed by atoms with E-state index in [0.717, 1.165) is 44.8 Å². The van der Waals surface area contributed by atoms with Crippen LogP contribution < -0.4 is 9.80 Å². The highest BCUT2D eigenvalue weighted by Crippen LogP contribution is 2.47. The van der Waals surface area contributed by atoms with Crippen LogP contribution in [0.5, 0.6) is 0 Å². The van der Waals surface area contributed by atoms with E-state index in [0.29, 0.717) is 6.04 Å². The van der Waals surface area contributed by atoms with Crippen LogP contribution in [0.3, 0.4) is 0 Å². The smallest absolute Gasteiger partial charge is 0.178 e. The Morgan fingerprint density at radius 1 is 0.963 bits per heavy atom. The number of hydrogen-bond acceptors (Lipinski definition) is 5. The minimum absolute atomic E-state index is 0.0971. The van der Waals surface area contributed by atoms with Crippen molar-refractivity contribution < 1.29 is 4.42 Å². The van der Waals surface area contributed by atoms with Gasteiger partial charge in [0.2, 0.25) is 0 Å². The largest absolute Gasteiger partial charge is 0.454 e. The molecule has 4 aromatic rings. The maximum atomic E-state index is 6.33. The van der Waals surface area contributed by atoms with Crippen LogP contribution in [-0.4, -0.2) is 22.2 Å². The Bertz CT molecular complexity index is 1160. The zero-order valence-electron chi connectivity index (χ0n) is 16.0. The molecule has 0 saturated heterocycles. The third-order valence-electron chi connectivity index (χ3n) is 5.43. The van der Waals surface area contributed by atoms with Gasteiger partial charge < -0.3 is 9.32 Å². The van der Waals surface area contributed by atoms with Crippen molar-refractivity contribution >= 4 is 39.3 Å². The second kappa shape index (κ2) is 5.71. The lowest BCUT2D eigenvalue weighted by Gasteiger charge is -2.32. The van der Waals surface area contributed by atoms with Gasteiger partial charge in [0.25, 0.3) is 0 Å². The van der Waals surface area contributed by atoms with E-state index in [4.69, 9.17) is 4.42 Å². The number of benzene rings is 2. The van der Waals surface area contributed by atoms with E-state index in [1.54, 1.807) is 12.4 Å². The average molecular weight is 358 g/mol. The van der Waals surface area contributed by atoms with Gasteiger partial charge in [0, 0.05) is 29.2 Å². The Hall–Kier alpha value is -3.08. The van der Waals surface area contributed by atoms with Crippen LogP contribution in [0, 0.1) is 6.92 Å². The summed E-state index contributed by atoms with van der Waals surface area (Å²) < 4.78 is 6.33. The number of rotatable bonds is 2. The van der Waals surface area contributed by atoms with Gasteiger partial charge in [0.05, 0.1) is 5.69 Å². The molecule has 0 amide bonds. The lowest BCUT2D eigenvalue weighted by Crippen LogP contribution is -2.42. The molecule has 136 valence electrons. The fourth-order valence-corrected chi connectivity index (χ4v) is 4.30. The molecule has 27 heavy (non-hydrogen) atoms. The van der Waals surface area contributed by atoms with Crippen molar-refractivity contribution in [3.63, 3.8) is 0 Å². The molecule has 0 N–H and O–H groups in total. The normalized spacial score (nSPS) is 16.7. The average Bonchev–Trinajstić information content (AvgIpc) is 3.17. The summed E-state index contributed by atoms with van der Waals surface area (Å²) in [5, 5.41) is 2.27. The second-order valence-corrected chi connectivity index (χ2v) is 7.41. The summed E-state index contributed by atoms with van der Waals surface area (Å²) in [7, 11) is 0. The van der Waals surface area contributed by atoms with Crippen LogP contribution in [0.1, 0.15) is 26.3 Å². The van der Waals surface area contributed by atoms with Crippen LogP contribution in [0.4, 0.5) is 17.3 Å². The van der Waals surface area contributed by atoms with Gasteiger partial charge in [0.1, 0.15) is 11.7 Å². The van der Waals surface area contributed by atoms with Gasteiger partial charge in [-0.15, -0.1) is 0 Å². The number of para-hydroxylation sites is 1. The Labute approximate surface area is 158 Å². The van der Waals surface area contributed by atoms with Crippen LogP contribution in [0.15, 0.2) is 53.2 Å². The van der Waals surface area contributed by atoms with E-state index >= 15 is 0 Å². The highest BCUT2D eigenvalue weighted by atomic mass is 16.3. The molecule has 0 spiro atoms. The SMILES string of the molecule is Cc1ccc2c(oc3ccccc32)c1N1c2nccnc2N(C(C)C)[C@@H]1C. The first kappa shape index (κ1) is 16.1. The van der Waals surface area contributed by atoms with E-state index in [9.17, 15) is 0 Å². The summed E-state index contributed by atoms with van der Waals surface area (Å²) in [5.74, 6) is 1.81. The molecule has 2 aromatic carbocycles. The van der Waals surface area contributed by atoms with Gasteiger partial charge in [-0.25, -0.2) is 9.97 Å². The molecule has 0 unspecified atom stereocenters. The summed E-state index contributed by atoms with van der Waals surface area (Å²) in [5.41, 5.74) is 4.05. The molecule has 0 aliphatic carbocycles. The van der Waals surface area contributed by atoms with Crippen molar-refractivity contribution in [2.45, 2.75) is 39.9 Å². The van der Waals surface area contributed by atoms with Crippen molar-refractivity contribution in [1.29, 1.82) is 0 Å². The zero-order valence-corrected chi connectivity index (χ0v) is 16.0. The van der Waals surface area contributed by atoms with Crippen LogP contribution in [0.25, 0.3) is 21.9 Å². The number of nitrogens with zero attached hydrogens (tertiary/aromatic N) is 4. The molecular formula is C22H22N4O. The number of aromatic nitrogens is 2. The van der Waals surface area contributed by atoms with E-state index in [2.05, 4.69) is 71.7 Å². The van der Waals surface area contributed by atoms with Crippen molar-refractivity contribution in [2.75, 3.05) is 9.80 Å². The van der Waals surface area contributed by atoms with Gasteiger partial charge in [-0.05, 0) is 39.3 Å². The van der Waals surface area contributed by atoms with Gasteiger partial charge in [-0.3, -0.25) is 4.90 Å².